The van der Waals surface area contributed by atoms with Gasteiger partial charge in [-0.3, -0.25) is 20.5 Å². The lowest BCUT2D eigenvalue weighted by atomic mass is 10.3. The second-order valence-electron chi connectivity index (χ2n) is 3.46. The van der Waals surface area contributed by atoms with Crippen LogP contribution in [0.2, 0.25) is 0 Å². The van der Waals surface area contributed by atoms with Crippen LogP contribution >= 0.6 is 0 Å². The molecule has 0 saturated carbocycles. The van der Waals surface area contributed by atoms with Crippen LogP contribution < -0.4 is 11.2 Å². The Hall–Kier alpha value is -0.950. The zero-order valence-electron chi connectivity index (χ0n) is 9.85. The Morgan fingerprint density at radius 1 is 1.38 bits per heavy atom. The maximum absolute atomic E-state index is 10.3. The third-order valence-electron chi connectivity index (χ3n) is 2.37. The Morgan fingerprint density at radius 2 is 1.88 bits per heavy atom. The standard InChI is InChI=1S/C9H17N3O2.CH5N/c1-9(10-14)8-12-4-2-11(3-5-12)6-7-13;1-2/h7,10,14H,1-6,8H2;2H2,1H3. The highest BCUT2D eigenvalue weighted by molar-refractivity contribution is 5.51. The van der Waals surface area contributed by atoms with Crippen LogP contribution in [0, 0.1) is 0 Å². The van der Waals surface area contributed by atoms with Gasteiger partial charge >= 0.3 is 0 Å². The van der Waals surface area contributed by atoms with E-state index in [0.29, 0.717) is 18.8 Å². The Morgan fingerprint density at radius 3 is 2.31 bits per heavy atom. The van der Waals surface area contributed by atoms with Gasteiger partial charge in [-0.15, -0.1) is 0 Å². The van der Waals surface area contributed by atoms with Crippen molar-refractivity contribution < 1.29 is 10.0 Å². The minimum absolute atomic E-state index is 0.521. The van der Waals surface area contributed by atoms with Gasteiger partial charge in [0, 0.05) is 38.4 Å². The second kappa shape index (κ2) is 9.29. The van der Waals surface area contributed by atoms with Crippen molar-refractivity contribution in [1.82, 2.24) is 15.3 Å². The quantitative estimate of drug-likeness (QED) is 0.409. The van der Waals surface area contributed by atoms with Crippen LogP contribution in [0.5, 0.6) is 0 Å². The maximum Gasteiger partial charge on any atom is 0.133 e. The monoisotopic (exact) mass is 230 g/mol. The van der Waals surface area contributed by atoms with Crippen molar-refractivity contribution in [2.45, 2.75) is 0 Å². The first-order chi connectivity index (χ1) is 7.76. The van der Waals surface area contributed by atoms with Gasteiger partial charge in [0.15, 0.2) is 0 Å². The van der Waals surface area contributed by atoms with Crippen LogP contribution in [-0.4, -0.2) is 67.6 Å². The summed E-state index contributed by atoms with van der Waals surface area (Å²) in [5, 5.41) is 8.57. The first-order valence-electron chi connectivity index (χ1n) is 5.30. The van der Waals surface area contributed by atoms with Crippen LogP contribution in [0.1, 0.15) is 0 Å². The highest BCUT2D eigenvalue weighted by Crippen LogP contribution is 2.01. The molecule has 0 spiro atoms. The summed E-state index contributed by atoms with van der Waals surface area (Å²) in [7, 11) is 1.50. The first kappa shape index (κ1) is 15.0. The van der Waals surface area contributed by atoms with Crippen molar-refractivity contribution in [2.75, 3.05) is 46.3 Å². The molecule has 0 aromatic heterocycles. The molecule has 0 atom stereocenters. The number of nitrogens with zero attached hydrogens (tertiary/aromatic N) is 2. The molecule has 1 aliphatic heterocycles. The number of nitrogens with one attached hydrogen (secondary N) is 1. The Bertz CT molecular complexity index is 203. The minimum Gasteiger partial charge on any atom is -0.333 e. The average molecular weight is 230 g/mol. The molecule has 6 heteroatoms. The van der Waals surface area contributed by atoms with E-state index in [0.717, 1.165) is 32.5 Å². The van der Waals surface area contributed by atoms with E-state index in [9.17, 15) is 4.79 Å². The molecule has 1 heterocycles. The van der Waals surface area contributed by atoms with Crippen molar-refractivity contribution >= 4 is 6.29 Å². The van der Waals surface area contributed by atoms with E-state index in [1.165, 1.54) is 7.05 Å². The number of hydrogen-bond donors (Lipinski definition) is 3. The lowest BCUT2D eigenvalue weighted by molar-refractivity contribution is -0.109. The van der Waals surface area contributed by atoms with Crippen LogP contribution in [0.4, 0.5) is 0 Å². The summed E-state index contributed by atoms with van der Waals surface area (Å²) < 4.78 is 0. The summed E-state index contributed by atoms with van der Waals surface area (Å²) in [6, 6.07) is 0. The lowest BCUT2D eigenvalue weighted by Gasteiger charge is -2.33. The van der Waals surface area contributed by atoms with Gasteiger partial charge in [-0.1, -0.05) is 6.58 Å². The lowest BCUT2D eigenvalue weighted by Crippen LogP contribution is -2.47. The van der Waals surface area contributed by atoms with E-state index in [1.54, 1.807) is 0 Å². The summed E-state index contributed by atoms with van der Waals surface area (Å²) in [6.07, 6.45) is 0.934. The molecule has 6 nitrogen and oxygen atoms in total. The maximum atomic E-state index is 10.3. The van der Waals surface area contributed by atoms with Gasteiger partial charge in [-0.05, 0) is 7.05 Å². The Labute approximate surface area is 96.7 Å². The smallest absolute Gasteiger partial charge is 0.133 e. The van der Waals surface area contributed by atoms with Crippen molar-refractivity contribution in [2.24, 2.45) is 5.73 Å². The van der Waals surface area contributed by atoms with E-state index in [4.69, 9.17) is 5.21 Å². The van der Waals surface area contributed by atoms with Gasteiger partial charge in [-0.25, -0.2) is 0 Å². The first-order valence-corrected chi connectivity index (χ1v) is 5.30. The number of hydrogen-bond acceptors (Lipinski definition) is 6. The third kappa shape index (κ3) is 5.82. The number of piperazine rings is 1. The molecule has 0 radical (unpaired) electrons. The number of carbonyl (C=O) groups is 1. The highest BCUT2D eigenvalue weighted by Gasteiger charge is 2.16. The zero-order chi connectivity index (χ0) is 12.4. The van der Waals surface area contributed by atoms with Crippen LogP contribution in [-0.2, 0) is 4.79 Å². The van der Waals surface area contributed by atoms with E-state index in [2.05, 4.69) is 22.1 Å². The van der Waals surface area contributed by atoms with Crippen LogP contribution in [0.25, 0.3) is 0 Å². The molecule has 1 rings (SSSR count). The Kier molecular flexibility index (Phi) is 8.74. The van der Waals surface area contributed by atoms with Crippen LogP contribution in [0.3, 0.4) is 0 Å². The number of hydroxylamine groups is 1. The summed E-state index contributed by atoms with van der Waals surface area (Å²) in [6.45, 7) is 8.45. The fourth-order valence-electron chi connectivity index (χ4n) is 1.54. The van der Waals surface area contributed by atoms with Gasteiger partial charge in [0.05, 0.1) is 6.54 Å². The van der Waals surface area contributed by atoms with Gasteiger partial charge in [0.1, 0.15) is 6.29 Å². The summed E-state index contributed by atoms with van der Waals surface area (Å²) in [4.78, 5) is 14.6. The molecule has 1 aliphatic rings. The summed E-state index contributed by atoms with van der Waals surface area (Å²) in [5.41, 5.74) is 7.15. The Balaban J connectivity index is 0.00000106. The van der Waals surface area contributed by atoms with Crippen molar-refractivity contribution in [3.05, 3.63) is 12.3 Å². The molecule has 0 unspecified atom stereocenters. The van der Waals surface area contributed by atoms with Crippen molar-refractivity contribution in [3.63, 3.8) is 0 Å². The predicted molar refractivity (Wildman–Crippen MR) is 63.1 cm³/mol. The van der Waals surface area contributed by atoms with Gasteiger partial charge in [0.25, 0.3) is 0 Å². The molecular formula is C10H22N4O2. The zero-order valence-corrected chi connectivity index (χ0v) is 9.85. The summed E-state index contributed by atoms with van der Waals surface area (Å²) in [5.74, 6) is 0. The normalized spacial score (nSPS) is 17.2. The number of nitrogens with two attached hydrogens (primary N) is 1. The fourth-order valence-corrected chi connectivity index (χ4v) is 1.54. The molecule has 4 N–H and O–H groups in total. The fraction of sp³-hybridized carbons (Fsp3) is 0.700. The van der Waals surface area contributed by atoms with Crippen molar-refractivity contribution in [1.29, 1.82) is 0 Å². The molecule has 0 aromatic rings. The molecule has 0 bridgehead atoms. The summed E-state index contributed by atoms with van der Waals surface area (Å²) >= 11 is 0. The SMILES string of the molecule is C=C(CN1CCN(CC=O)CC1)NO.CN. The van der Waals surface area contributed by atoms with E-state index in [-0.39, 0.29) is 0 Å². The molecule has 16 heavy (non-hydrogen) atoms. The molecule has 1 fully saturated rings. The molecular weight excluding hydrogens is 208 g/mol. The predicted octanol–water partition coefficient (Wildman–Crippen LogP) is -1.13. The largest absolute Gasteiger partial charge is 0.333 e. The number of rotatable bonds is 5. The van der Waals surface area contributed by atoms with Gasteiger partial charge < -0.3 is 10.5 Å². The average Bonchev–Trinajstić information content (AvgIpc) is 2.34. The van der Waals surface area contributed by atoms with Gasteiger partial charge in [-0.2, -0.15) is 0 Å². The van der Waals surface area contributed by atoms with E-state index < -0.39 is 0 Å². The molecule has 0 aliphatic carbocycles. The topological polar surface area (TPSA) is 81.8 Å². The number of carbonyl (C=O) groups excluding carboxylic acids is 1. The van der Waals surface area contributed by atoms with Gasteiger partial charge in [0.2, 0.25) is 0 Å². The number of aldehydes is 1. The minimum atomic E-state index is 0.521. The molecule has 0 amide bonds. The van der Waals surface area contributed by atoms with E-state index in [1.807, 2.05) is 5.48 Å². The third-order valence-corrected chi connectivity index (χ3v) is 2.37. The molecule has 94 valence electrons. The second-order valence-corrected chi connectivity index (χ2v) is 3.46. The van der Waals surface area contributed by atoms with E-state index >= 15 is 0 Å². The molecule has 1 saturated heterocycles. The molecule has 0 aromatic carbocycles. The van der Waals surface area contributed by atoms with Crippen LogP contribution in [0.15, 0.2) is 12.3 Å². The van der Waals surface area contributed by atoms with Crippen molar-refractivity contribution in [3.8, 4) is 0 Å². The highest BCUT2D eigenvalue weighted by atomic mass is 16.5.